The lowest BCUT2D eigenvalue weighted by atomic mass is 10.1. The highest BCUT2D eigenvalue weighted by Crippen LogP contribution is 2.28. The molecule has 0 aliphatic heterocycles. The van der Waals surface area contributed by atoms with E-state index in [-0.39, 0.29) is 12.5 Å². The van der Waals surface area contributed by atoms with Crippen molar-refractivity contribution in [3.8, 4) is 23.8 Å². The van der Waals surface area contributed by atoms with Crippen molar-refractivity contribution in [3.05, 3.63) is 59.7 Å². The van der Waals surface area contributed by atoms with E-state index in [0.717, 1.165) is 11.1 Å². The first-order valence-electron chi connectivity index (χ1n) is 8.37. The average molecular weight is 353 g/mol. The molecule has 1 amide bonds. The first kappa shape index (κ1) is 19.4. The number of aliphatic hydroxyl groups excluding tert-OH is 1. The lowest BCUT2D eigenvalue weighted by molar-refractivity contribution is -0.129. The van der Waals surface area contributed by atoms with Gasteiger partial charge in [0.15, 0.2) is 11.5 Å². The number of rotatable bonds is 9. The van der Waals surface area contributed by atoms with E-state index in [0.29, 0.717) is 30.9 Å². The Hall–Kier alpha value is -2.97. The third kappa shape index (κ3) is 5.83. The van der Waals surface area contributed by atoms with Gasteiger partial charge in [0.05, 0.1) is 7.11 Å². The van der Waals surface area contributed by atoms with E-state index in [1.807, 2.05) is 42.5 Å². The van der Waals surface area contributed by atoms with Crippen LogP contribution in [0.5, 0.6) is 11.5 Å². The maximum absolute atomic E-state index is 12.0. The summed E-state index contributed by atoms with van der Waals surface area (Å²) >= 11 is 0. The van der Waals surface area contributed by atoms with Gasteiger partial charge in [0.1, 0.15) is 12.7 Å². The highest BCUT2D eigenvalue weighted by molar-refractivity contribution is 5.80. The molecule has 2 aromatic rings. The molecule has 5 nitrogen and oxygen atoms in total. The van der Waals surface area contributed by atoms with Gasteiger partial charge in [0.2, 0.25) is 5.91 Å². The van der Waals surface area contributed by atoms with Crippen molar-refractivity contribution in [2.45, 2.75) is 18.9 Å². The molecule has 0 aliphatic rings. The number of aliphatic hydroxyl groups is 1. The fourth-order valence-corrected chi connectivity index (χ4v) is 2.48. The van der Waals surface area contributed by atoms with E-state index in [1.165, 1.54) is 0 Å². The summed E-state index contributed by atoms with van der Waals surface area (Å²) in [6.45, 7) is 0.587. The molecule has 0 aromatic heterocycles. The maximum Gasteiger partial charge on any atom is 0.249 e. The summed E-state index contributed by atoms with van der Waals surface area (Å²) < 4.78 is 10.7. The predicted octanol–water partition coefficient (Wildman–Crippen LogP) is 1.97. The normalized spacial score (nSPS) is 11.3. The molecule has 0 saturated heterocycles. The molecule has 5 heteroatoms. The molecule has 26 heavy (non-hydrogen) atoms. The molecule has 2 N–H and O–H groups in total. The highest BCUT2D eigenvalue weighted by Gasteiger charge is 2.15. The van der Waals surface area contributed by atoms with Crippen LogP contribution in [0.2, 0.25) is 0 Å². The molecule has 2 aromatic carbocycles. The molecule has 2 rings (SSSR count). The molecular formula is C21H23NO4. The van der Waals surface area contributed by atoms with Crippen LogP contribution in [0.25, 0.3) is 0 Å². The van der Waals surface area contributed by atoms with Crippen LogP contribution < -0.4 is 14.8 Å². The maximum atomic E-state index is 12.0. The summed E-state index contributed by atoms with van der Waals surface area (Å²) in [4.78, 5) is 12.0. The van der Waals surface area contributed by atoms with Crippen LogP contribution in [0.15, 0.2) is 48.5 Å². The van der Waals surface area contributed by atoms with E-state index < -0.39 is 6.10 Å². The van der Waals surface area contributed by atoms with Crippen molar-refractivity contribution in [1.82, 2.24) is 5.32 Å². The van der Waals surface area contributed by atoms with Crippen molar-refractivity contribution in [2.24, 2.45) is 0 Å². The molecule has 0 heterocycles. The predicted molar refractivity (Wildman–Crippen MR) is 100 cm³/mol. The van der Waals surface area contributed by atoms with Gasteiger partial charge in [-0.2, -0.15) is 0 Å². The number of amides is 1. The molecule has 0 aliphatic carbocycles. The zero-order valence-electron chi connectivity index (χ0n) is 14.8. The van der Waals surface area contributed by atoms with E-state index in [1.54, 1.807) is 13.2 Å². The molecule has 0 unspecified atom stereocenters. The summed E-state index contributed by atoms with van der Waals surface area (Å²) in [7, 11) is 1.56. The number of ether oxygens (including phenoxy) is 2. The SMILES string of the molecule is C#CCOc1ccc(CCNC(=O)[C@@H](O)Cc2ccccc2)cc1OC. The smallest absolute Gasteiger partial charge is 0.249 e. The Balaban J connectivity index is 1.83. The van der Waals surface area contributed by atoms with E-state index in [4.69, 9.17) is 15.9 Å². The molecule has 0 bridgehead atoms. The molecule has 0 fully saturated rings. The molecular weight excluding hydrogens is 330 g/mol. The minimum Gasteiger partial charge on any atom is -0.493 e. The second-order valence-electron chi connectivity index (χ2n) is 5.72. The number of carbonyl (C=O) groups is 1. The Morgan fingerprint density at radius 3 is 2.65 bits per heavy atom. The van der Waals surface area contributed by atoms with Gasteiger partial charge in [-0.1, -0.05) is 42.3 Å². The van der Waals surface area contributed by atoms with Gasteiger partial charge in [-0.05, 0) is 29.7 Å². The Morgan fingerprint density at radius 1 is 1.19 bits per heavy atom. The fraction of sp³-hybridized carbons (Fsp3) is 0.286. The number of hydrogen-bond acceptors (Lipinski definition) is 4. The number of methoxy groups -OCH3 is 1. The number of terminal acetylenes is 1. The second kappa shape index (κ2) is 10.1. The first-order chi connectivity index (χ1) is 12.6. The summed E-state index contributed by atoms with van der Waals surface area (Å²) in [6.07, 6.45) is 5.02. The topological polar surface area (TPSA) is 67.8 Å². The van der Waals surface area contributed by atoms with Crippen molar-refractivity contribution in [1.29, 1.82) is 0 Å². The van der Waals surface area contributed by atoms with Gasteiger partial charge in [-0.15, -0.1) is 6.42 Å². The van der Waals surface area contributed by atoms with Crippen LogP contribution in [-0.4, -0.2) is 37.4 Å². The van der Waals surface area contributed by atoms with Crippen molar-refractivity contribution >= 4 is 5.91 Å². The number of benzene rings is 2. The summed E-state index contributed by atoms with van der Waals surface area (Å²) in [5.41, 5.74) is 1.90. The lowest BCUT2D eigenvalue weighted by Gasteiger charge is -2.13. The van der Waals surface area contributed by atoms with Gasteiger partial charge in [-0.25, -0.2) is 0 Å². The summed E-state index contributed by atoms with van der Waals surface area (Å²) in [6, 6.07) is 14.9. The highest BCUT2D eigenvalue weighted by atomic mass is 16.5. The summed E-state index contributed by atoms with van der Waals surface area (Å²) in [5.74, 6) is 3.20. The number of nitrogens with one attached hydrogen (secondary N) is 1. The fourth-order valence-electron chi connectivity index (χ4n) is 2.48. The quantitative estimate of drug-likeness (QED) is 0.677. The van der Waals surface area contributed by atoms with E-state index >= 15 is 0 Å². The standard InChI is InChI=1S/C21H23NO4/c1-3-13-26-19-10-9-17(15-20(19)25-2)11-12-22-21(24)18(23)14-16-7-5-4-6-8-16/h1,4-10,15,18,23H,11-14H2,2H3,(H,22,24)/t18-/m0/s1. The first-order valence-corrected chi connectivity index (χ1v) is 8.37. The van der Waals surface area contributed by atoms with Crippen molar-refractivity contribution < 1.29 is 19.4 Å². The minimum atomic E-state index is -1.06. The number of carbonyl (C=O) groups excluding carboxylic acids is 1. The largest absolute Gasteiger partial charge is 0.493 e. The van der Waals surface area contributed by atoms with Crippen molar-refractivity contribution in [3.63, 3.8) is 0 Å². The Bertz CT molecular complexity index is 752. The molecule has 0 saturated carbocycles. The van der Waals surface area contributed by atoms with Gasteiger partial charge in [0, 0.05) is 13.0 Å². The second-order valence-corrected chi connectivity index (χ2v) is 5.72. The zero-order valence-corrected chi connectivity index (χ0v) is 14.8. The third-order valence-electron chi connectivity index (χ3n) is 3.83. The third-order valence-corrected chi connectivity index (χ3v) is 3.83. The summed E-state index contributed by atoms with van der Waals surface area (Å²) in [5, 5.41) is 12.8. The Kier molecular flexibility index (Phi) is 7.53. The van der Waals surface area contributed by atoms with Gasteiger partial charge < -0.3 is 19.9 Å². The van der Waals surface area contributed by atoms with Crippen LogP contribution in [0.3, 0.4) is 0 Å². The van der Waals surface area contributed by atoms with Gasteiger partial charge in [-0.3, -0.25) is 4.79 Å². The van der Waals surface area contributed by atoms with Crippen LogP contribution >= 0.6 is 0 Å². The minimum absolute atomic E-state index is 0.172. The van der Waals surface area contributed by atoms with Crippen LogP contribution in [0.4, 0.5) is 0 Å². The molecule has 1 atom stereocenters. The molecule has 0 radical (unpaired) electrons. The van der Waals surface area contributed by atoms with Crippen molar-refractivity contribution in [2.75, 3.05) is 20.3 Å². The van der Waals surface area contributed by atoms with Crippen LogP contribution in [-0.2, 0) is 17.6 Å². The van der Waals surface area contributed by atoms with E-state index in [2.05, 4.69) is 11.2 Å². The van der Waals surface area contributed by atoms with E-state index in [9.17, 15) is 9.90 Å². The average Bonchev–Trinajstić information content (AvgIpc) is 2.67. The monoisotopic (exact) mass is 353 g/mol. The van der Waals surface area contributed by atoms with Crippen LogP contribution in [0.1, 0.15) is 11.1 Å². The molecule has 136 valence electrons. The molecule has 0 spiro atoms. The number of hydrogen-bond donors (Lipinski definition) is 2. The Labute approximate surface area is 154 Å². The van der Waals surface area contributed by atoms with Crippen LogP contribution in [0, 0.1) is 12.3 Å². The van der Waals surface area contributed by atoms with Gasteiger partial charge in [0.25, 0.3) is 0 Å². The lowest BCUT2D eigenvalue weighted by Crippen LogP contribution is -2.37. The zero-order chi connectivity index (χ0) is 18.8. The Morgan fingerprint density at radius 2 is 1.96 bits per heavy atom. The van der Waals surface area contributed by atoms with Gasteiger partial charge >= 0.3 is 0 Å².